The molecular formula is C15H26O3. The molecule has 0 aromatic heterocycles. The molecule has 0 unspecified atom stereocenters. The van der Waals surface area contributed by atoms with E-state index in [1.807, 2.05) is 0 Å². The van der Waals surface area contributed by atoms with Crippen molar-refractivity contribution < 1.29 is 15.3 Å². The summed E-state index contributed by atoms with van der Waals surface area (Å²) in [5.74, 6) is 1.03. The Morgan fingerprint density at radius 2 is 2.06 bits per heavy atom. The molecule has 2 saturated carbocycles. The van der Waals surface area contributed by atoms with Crippen molar-refractivity contribution >= 4 is 0 Å². The zero-order valence-electron chi connectivity index (χ0n) is 11.3. The summed E-state index contributed by atoms with van der Waals surface area (Å²) in [6.07, 6.45) is 4.48. The van der Waals surface area contributed by atoms with E-state index in [1.165, 1.54) is 0 Å². The van der Waals surface area contributed by atoms with Crippen molar-refractivity contribution in [3.05, 3.63) is 12.2 Å². The first-order valence-corrected chi connectivity index (χ1v) is 7.11. The summed E-state index contributed by atoms with van der Waals surface area (Å²) in [4.78, 5) is 0. The molecule has 3 nitrogen and oxygen atoms in total. The molecule has 5 atom stereocenters. The van der Waals surface area contributed by atoms with Crippen molar-refractivity contribution in [2.24, 2.45) is 23.2 Å². The second kappa shape index (κ2) is 5.32. The Morgan fingerprint density at radius 1 is 1.33 bits per heavy atom. The van der Waals surface area contributed by atoms with E-state index in [0.29, 0.717) is 11.8 Å². The Hall–Kier alpha value is -0.380. The highest BCUT2D eigenvalue weighted by Gasteiger charge is 2.51. The molecule has 0 heterocycles. The minimum Gasteiger partial charge on any atom is -0.396 e. The number of rotatable bonds is 3. The summed E-state index contributed by atoms with van der Waals surface area (Å²) < 4.78 is 0. The maximum atomic E-state index is 9.88. The SMILES string of the molecule is C=C(CO)[C@@H]1CC[C@]2(C1)[C@H](CO)C[C@@H](O)C[C@H]2C. The molecule has 2 rings (SSSR count). The topological polar surface area (TPSA) is 60.7 Å². The first kappa shape index (κ1) is 14.0. The van der Waals surface area contributed by atoms with E-state index >= 15 is 0 Å². The van der Waals surface area contributed by atoms with Gasteiger partial charge in [0.25, 0.3) is 0 Å². The quantitative estimate of drug-likeness (QED) is 0.672. The molecule has 0 aliphatic heterocycles. The Labute approximate surface area is 110 Å². The molecule has 104 valence electrons. The fourth-order valence-electron chi connectivity index (χ4n) is 4.36. The monoisotopic (exact) mass is 254 g/mol. The van der Waals surface area contributed by atoms with Gasteiger partial charge in [0, 0.05) is 6.61 Å². The van der Waals surface area contributed by atoms with E-state index in [-0.39, 0.29) is 30.7 Å². The van der Waals surface area contributed by atoms with Gasteiger partial charge in [-0.05, 0) is 60.8 Å². The van der Waals surface area contributed by atoms with Crippen LogP contribution in [0.2, 0.25) is 0 Å². The fraction of sp³-hybridized carbons (Fsp3) is 0.867. The standard InChI is InChI=1S/C15H26O3/c1-10(8-16)12-3-4-15(7-12)11(2)5-14(18)6-13(15)9-17/h11-14,16-18H,1,3-9H2,2H3/t11-,12-,13+,14+,15-/m1/s1. The summed E-state index contributed by atoms with van der Waals surface area (Å²) in [7, 11) is 0. The number of hydrogen-bond donors (Lipinski definition) is 3. The first-order chi connectivity index (χ1) is 8.53. The van der Waals surface area contributed by atoms with Gasteiger partial charge >= 0.3 is 0 Å². The molecule has 18 heavy (non-hydrogen) atoms. The van der Waals surface area contributed by atoms with Gasteiger partial charge in [0.1, 0.15) is 0 Å². The highest BCUT2D eigenvalue weighted by Crippen LogP contribution is 2.58. The van der Waals surface area contributed by atoms with E-state index in [9.17, 15) is 15.3 Å². The largest absolute Gasteiger partial charge is 0.396 e. The third kappa shape index (κ3) is 2.24. The molecule has 0 saturated heterocycles. The van der Waals surface area contributed by atoms with Crippen molar-refractivity contribution in [1.82, 2.24) is 0 Å². The van der Waals surface area contributed by atoms with Crippen LogP contribution in [0.25, 0.3) is 0 Å². The van der Waals surface area contributed by atoms with Crippen LogP contribution in [0.5, 0.6) is 0 Å². The minimum atomic E-state index is -0.261. The van der Waals surface area contributed by atoms with E-state index in [4.69, 9.17) is 0 Å². The van der Waals surface area contributed by atoms with Crippen molar-refractivity contribution in [3.63, 3.8) is 0 Å². The molecule has 0 aromatic carbocycles. The molecule has 1 spiro atoms. The maximum absolute atomic E-state index is 9.88. The molecule has 3 heteroatoms. The fourth-order valence-corrected chi connectivity index (χ4v) is 4.36. The predicted octanol–water partition coefficient (Wildman–Crippen LogP) is 1.72. The van der Waals surface area contributed by atoms with Crippen LogP contribution in [0.3, 0.4) is 0 Å². The van der Waals surface area contributed by atoms with Crippen LogP contribution in [0.1, 0.15) is 39.0 Å². The van der Waals surface area contributed by atoms with Gasteiger partial charge in [-0.2, -0.15) is 0 Å². The summed E-state index contributed by atoms with van der Waals surface area (Å²) in [5.41, 5.74) is 1.08. The molecular weight excluding hydrogens is 228 g/mol. The van der Waals surface area contributed by atoms with Crippen LogP contribution in [-0.2, 0) is 0 Å². The molecule has 0 bridgehead atoms. The van der Waals surface area contributed by atoms with Crippen LogP contribution < -0.4 is 0 Å². The van der Waals surface area contributed by atoms with Crippen LogP contribution in [0, 0.1) is 23.2 Å². The minimum absolute atomic E-state index is 0.0710. The van der Waals surface area contributed by atoms with Gasteiger partial charge in [0.2, 0.25) is 0 Å². The average Bonchev–Trinajstić information content (AvgIpc) is 2.79. The number of aliphatic hydroxyl groups excluding tert-OH is 3. The van der Waals surface area contributed by atoms with E-state index in [2.05, 4.69) is 13.5 Å². The lowest BCUT2D eigenvalue weighted by atomic mass is 9.58. The normalized spacial score (nSPS) is 44.4. The van der Waals surface area contributed by atoms with Gasteiger partial charge < -0.3 is 15.3 Å². The first-order valence-electron chi connectivity index (χ1n) is 7.11. The van der Waals surface area contributed by atoms with Crippen molar-refractivity contribution in [2.75, 3.05) is 13.2 Å². The van der Waals surface area contributed by atoms with Crippen LogP contribution >= 0.6 is 0 Å². The Kier molecular flexibility index (Phi) is 4.15. The molecule has 3 N–H and O–H groups in total. The van der Waals surface area contributed by atoms with Gasteiger partial charge in [0.05, 0.1) is 12.7 Å². The van der Waals surface area contributed by atoms with Gasteiger partial charge in [0.15, 0.2) is 0 Å². The smallest absolute Gasteiger partial charge is 0.0641 e. The molecule has 2 aliphatic carbocycles. The molecule has 0 radical (unpaired) electrons. The summed E-state index contributed by atoms with van der Waals surface area (Å²) in [5, 5.41) is 28.8. The van der Waals surface area contributed by atoms with E-state index < -0.39 is 0 Å². The highest BCUT2D eigenvalue weighted by molar-refractivity contribution is 5.10. The molecule has 2 fully saturated rings. The second-order valence-electron chi connectivity index (χ2n) is 6.40. The van der Waals surface area contributed by atoms with Gasteiger partial charge in [-0.15, -0.1) is 0 Å². The third-order valence-electron chi connectivity index (χ3n) is 5.56. The molecule has 0 aromatic rings. The number of aliphatic hydroxyl groups is 3. The summed E-state index contributed by atoms with van der Waals surface area (Å²) in [6.45, 7) is 6.40. The van der Waals surface area contributed by atoms with E-state index in [0.717, 1.165) is 37.7 Å². The molecule has 0 amide bonds. The van der Waals surface area contributed by atoms with Crippen molar-refractivity contribution in [2.45, 2.75) is 45.1 Å². The zero-order chi connectivity index (χ0) is 13.3. The summed E-state index contributed by atoms with van der Waals surface area (Å²) >= 11 is 0. The van der Waals surface area contributed by atoms with Crippen LogP contribution in [-0.4, -0.2) is 34.6 Å². The Bertz CT molecular complexity index is 315. The lowest BCUT2D eigenvalue weighted by molar-refractivity contribution is -0.0553. The van der Waals surface area contributed by atoms with Gasteiger partial charge in [-0.3, -0.25) is 0 Å². The second-order valence-corrected chi connectivity index (χ2v) is 6.40. The summed E-state index contributed by atoms with van der Waals surface area (Å²) in [6, 6.07) is 0. The zero-order valence-corrected chi connectivity index (χ0v) is 11.3. The average molecular weight is 254 g/mol. The van der Waals surface area contributed by atoms with Crippen LogP contribution in [0.15, 0.2) is 12.2 Å². The van der Waals surface area contributed by atoms with Gasteiger partial charge in [-0.1, -0.05) is 13.5 Å². The van der Waals surface area contributed by atoms with Gasteiger partial charge in [-0.25, -0.2) is 0 Å². The maximum Gasteiger partial charge on any atom is 0.0641 e. The lowest BCUT2D eigenvalue weighted by Gasteiger charge is -2.48. The third-order valence-corrected chi connectivity index (χ3v) is 5.56. The van der Waals surface area contributed by atoms with Crippen LogP contribution in [0.4, 0.5) is 0 Å². The Balaban J connectivity index is 2.16. The Morgan fingerprint density at radius 3 is 2.67 bits per heavy atom. The van der Waals surface area contributed by atoms with Crippen molar-refractivity contribution in [3.8, 4) is 0 Å². The number of hydrogen-bond acceptors (Lipinski definition) is 3. The van der Waals surface area contributed by atoms with E-state index in [1.54, 1.807) is 0 Å². The van der Waals surface area contributed by atoms with Crippen molar-refractivity contribution in [1.29, 1.82) is 0 Å². The molecule has 2 aliphatic rings. The lowest BCUT2D eigenvalue weighted by Crippen LogP contribution is -2.44. The highest BCUT2D eigenvalue weighted by atomic mass is 16.3. The predicted molar refractivity (Wildman–Crippen MR) is 71.0 cm³/mol.